The maximum Gasteiger partial charge on any atom is 0.220 e. The van der Waals surface area contributed by atoms with E-state index in [1.807, 2.05) is 12.1 Å². The van der Waals surface area contributed by atoms with Crippen molar-refractivity contribution in [1.29, 1.82) is 0 Å². The first kappa shape index (κ1) is 22.0. The number of guanidine groups is 1. The number of carbonyl (C=O) groups is 1. The van der Waals surface area contributed by atoms with Crippen LogP contribution < -0.4 is 16.0 Å². The Labute approximate surface area is 178 Å². The number of rotatable bonds is 9. The third-order valence-corrected chi connectivity index (χ3v) is 4.96. The molecule has 3 rings (SSSR count). The minimum absolute atomic E-state index is 0. The first-order valence-corrected chi connectivity index (χ1v) is 9.77. The zero-order valence-electron chi connectivity index (χ0n) is 16.1. The van der Waals surface area contributed by atoms with E-state index in [0.717, 1.165) is 57.2 Å². The summed E-state index contributed by atoms with van der Waals surface area (Å²) in [6.07, 6.45) is 7.84. The summed E-state index contributed by atoms with van der Waals surface area (Å²) in [6, 6.07) is 4.64. The molecule has 0 bridgehead atoms. The van der Waals surface area contributed by atoms with Crippen LogP contribution in [-0.4, -0.2) is 56.0 Å². The van der Waals surface area contributed by atoms with Crippen LogP contribution in [0.2, 0.25) is 0 Å². The van der Waals surface area contributed by atoms with Crippen molar-refractivity contribution in [3.63, 3.8) is 0 Å². The summed E-state index contributed by atoms with van der Waals surface area (Å²) in [7, 11) is 1.77. The molecule has 1 atom stereocenters. The van der Waals surface area contributed by atoms with Gasteiger partial charge in [0.25, 0.3) is 0 Å². The lowest BCUT2D eigenvalue weighted by Gasteiger charge is -2.26. The van der Waals surface area contributed by atoms with E-state index in [1.54, 1.807) is 13.3 Å². The minimum atomic E-state index is 0. The van der Waals surface area contributed by atoms with E-state index >= 15 is 0 Å². The molecule has 1 unspecified atom stereocenters. The number of aliphatic imine (C=N–C) groups is 1. The summed E-state index contributed by atoms with van der Waals surface area (Å²) in [5.41, 5.74) is 0. The molecule has 0 aromatic carbocycles. The Morgan fingerprint density at radius 2 is 2.11 bits per heavy atom. The molecule has 1 saturated heterocycles. The minimum Gasteiger partial charge on any atom is -0.468 e. The molecule has 0 spiro atoms. The SMILES string of the molecule is CN=C(NCCCC(=O)NC1CC1)NCC(c1ccco1)N1CCCC1.I. The van der Waals surface area contributed by atoms with Crippen LogP contribution in [0.15, 0.2) is 27.8 Å². The van der Waals surface area contributed by atoms with Crippen molar-refractivity contribution in [3.8, 4) is 0 Å². The second kappa shape index (κ2) is 11.5. The predicted octanol–water partition coefficient (Wildman–Crippen LogP) is 2.26. The van der Waals surface area contributed by atoms with Gasteiger partial charge in [0.05, 0.1) is 12.3 Å². The van der Waals surface area contributed by atoms with Gasteiger partial charge in [0.15, 0.2) is 5.96 Å². The van der Waals surface area contributed by atoms with Gasteiger partial charge in [-0.15, -0.1) is 24.0 Å². The molecule has 3 N–H and O–H groups in total. The fraction of sp³-hybridized carbons (Fsp3) is 0.684. The van der Waals surface area contributed by atoms with E-state index in [0.29, 0.717) is 12.5 Å². The standard InChI is InChI=1S/C19H31N5O2.HI/c1-20-19(21-10-4-7-18(25)23-15-8-9-15)22-14-16(17-6-5-13-26-17)24-11-2-3-12-24;/h5-6,13,15-16H,2-4,7-12,14H2,1H3,(H,23,25)(H2,20,21,22);1H. The van der Waals surface area contributed by atoms with E-state index < -0.39 is 0 Å². The van der Waals surface area contributed by atoms with Gasteiger partial charge < -0.3 is 20.4 Å². The summed E-state index contributed by atoms with van der Waals surface area (Å²) in [5.74, 6) is 1.92. The molecule has 1 aromatic rings. The summed E-state index contributed by atoms with van der Waals surface area (Å²) < 4.78 is 5.65. The maximum atomic E-state index is 11.7. The molecule has 2 heterocycles. The number of nitrogens with one attached hydrogen (secondary N) is 3. The monoisotopic (exact) mass is 489 g/mol. The fourth-order valence-corrected chi connectivity index (χ4v) is 3.34. The highest BCUT2D eigenvalue weighted by molar-refractivity contribution is 14.0. The molecule has 1 aliphatic heterocycles. The second-order valence-electron chi connectivity index (χ2n) is 7.10. The van der Waals surface area contributed by atoms with Gasteiger partial charge in [0.1, 0.15) is 5.76 Å². The Kier molecular flexibility index (Phi) is 9.40. The number of hydrogen-bond donors (Lipinski definition) is 3. The molecule has 2 aliphatic rings. The molecular formula is C19H32IN5O2. The first-order valence-electron chi connectivity index (χ1n) is 9.77. The highest BCUT2D eigenvalue weighted by atomic mass is 127. The van der Waals surface area contributed by atoms with E-state index in [2.05, 4.69) is 25.8 Å². The van der Waals surface area contributed by atoms with E-state index in [4.69, 9.17) is 4.42 Å². The summed E-state index contributed by atoms with van der Waals surface area (Å²) in [5, 5.41) is 9.71. The predicted molar refractivity (Wildman–Crippen MR) is 117 cm³/mol. The quantitative estimate of drug-likeness (QED) is 0.215. The van der Waals surface area contributed by atoms with Crippen molar-refractivity contribution in [2.45, 2.75) is 50.6 Å². The number of likely N-dealkylation sites (tertiary alicyclic amines) is 1. The van der Waals surface area contributed by atoms with Gasteiger partial charge in [0.2, 0.25) is 5.91 Å². The van der Waals surface area contributed by atoms with Crippen LogP contribution in [0.3, 0.4) is 0 Å². The lowest BCUT2D eigenvalue weighted by molar-refractivity contribution is -0.121. The summed E-state index contributed by atoms with van der Waals surface area (Å²) in [6.45, 7) is 3.69. The van der Waals surface area contributed by atoms with Gasteiger partial charge in [-0.1, -0.05) is 0 Å². The summed E-state index contributed by atoms with van der Waals surface area (Å²) >= 11 is 0. The topological polar surface area (TPSA) is 81.9 Å². The van der Waals surface area contributed by atoms with E-state index in [-0.39, 0.29) is 35.9 Å². The van der Waals surface area contributed by atoms with Gasteiger partial charge in [-0.25, -0.2) is 0 Å². The number of amides is 1. The van der Waals surface area contributed by atoms with Gasteiger partial charge in [-0.05, 0) is 57.3 Å². The molecule has 0 radical (unpaired) electrons. The van der Waals surface area contributed by atoms with E-state index in [1.165, 1.54) is 12.8 Å². The largest absolute Gasteiger partial charge is 0.468 e. The number of halogens is 1. The van der Waals surface area contributed by atoms with Crippen molar-refractivity contribution in [3.05, 3.63) is 24.2 Å². The Hall–Kier alpha value is -1.29. The third kappa shape index (κ3) is 7.33. The van der Waals surface area contributed by atoms with Crippen LogP contribution in [0.5, 0.6) is 0 Å². The molecular weight excluding hydrogens is 457 g/mol. The first-order chi connectivity index (χ1) is 12.8. The molecule has 152 valence electrons. The molecule has 1 saturated carbocycles. The highest BCUT2D eigenvalue weighted by Gasteiger charge is 2.25. The smallest absolute Gasteiger partial charge is 0.220 e. The van der Waals surface area contributed by atoms with Crippen LogP contribution >= 0.6 is 24.0 Å². The third-order valence-electron chi connectivity index (χ3n) is 4.96. The van der Waals surface area contributed by atoms with Crippen LogP contribution in [0.25, 0.3) is 0 Å². The molecule has 2 fully saturated rings. The molecule has 8 heteroatoms. The second-order valence-corrected chi connectivity index (χ2v) is 7.10. The van der Waals surface area contributed by atoms with Crippen LogP contribution in [-0.2, 0) is 4.79 Å². The highest BCUT2D eigenvalue weighted by Crippen LogP contribution is 2.24. The van der Waals surface area contributed by atoms with Crippen molar-refractivity contribution in [2.75, 3.05) is 33.2 Å². The maximum absolute atomic E-state index is 11.7. The zero-order chi connectivity index (χ0) is 18.2. The van der Waals surface area contributed by atoms with Crippen LogP contribution in [0.4, 0.5) is 0 Å². The Bertz CT molecular complexity index is 583. The zero-order valence-corrected chi connectivity index (χ0v) is 18.4. The fourth-order valence-electron chi connectivity index (χ4n) is 3.34. The number of carbonyl (C=O) groups excluding carboxylic acids is 1. The van der Waals surface area contributed by atoms with Crippen LogP contribution in [0, 0.1) is 0 Å². The van der Waals surface area contributed by atoms with Crippen molar-refractivity contribution < 1.29 is 9.21 Å². The van der Waals surface area contributed by atoms with Gasteiger partial charge >= 0.3 is 0 Å². The molecule has 1 aromatic heterocycles. The molecule has 7 nitrogen and oxygen atoms in total. The number of furan rings is 1. The average molecular weight is 489 g/mol. The van der Waals surface area contributed by atoms with Gasteiger partial charge in [-0.3, -0.25) is 14.7 Å². The Morgan fingerprint density at radius 3 is 2.74 bits per heavy atom. The number of nitrogens with zero attached hydrogens (tertiary/aromatic N) is 2. The van der Waals surface area contributed by atoms with Crippen LogP contribution in [0.1, 0.15) is 50.3 Å². The summed E-state index contributed by atoms with van der Waals surface area (Å²) in [4.78, 5) is 18.4. The lowest BCUT2D eigenvalue weighted by atomic mass is 10.2. The van der Waals surface area contributed by atoms with Crippen molar-refractivity contribution in [1.82, 2.24) is 20.9 Å². The van der Waals surface area contributed by atoms with E-state index in [9.17, 15) is 4.79 Å². The Balaban J connectivity index is 0.00000261. The Morgan fingerprint density at radius 1 is 1.33 bits per heavy atom. The molecule has 27 heavy (non-hydrogen) atoms. The molecule has 1 aliphatic carbocycles. The van der Waals surface area contributed by atoms with Crippen molar-refractivity contribution >= 4 is 35.8 Å². The van der Waals surface area contributed by atoms with Gasteiger partial charge in [0, 0.05) is 32.6 Å². The van der Waals surface area contributed by atoms with Crippen molar-refractivity contribution in [2.24, 2.45) is 4.99 Å². The number of hydrogen-bond acceptors (Lipinski definition) is 4. The molecule has 1 amide bonds. The normalized spacial score (nSPS) is 18.6. The lowest BCUT2D eigenvalue weighted by Crippen LogP contribution is -2.43. The van der Waals surface area contributed by atoms with Gasteiger partial charge in [-0.2, -0.15) is 0 Å². The average Bonchev–Trinajstić information content (AvgIpc) is 3.10.